The summed E-state index contributed by atoms with van der Waals surface area (Å²) in [6.45, 7) is 11.5. The van der Waals surface area contributed by atoms with Gasteiger partial charge in [-0.05, 0) is 53.9 Å². The molecule has 0 spiro atoms. The molecule has 33 heavy (non-hydrogen) atoms. The van der Waals surface area contributed by atoms with Crippen molar-refractivity contribution >= 4 is 41.3 Å². The van der Waals surface area contributed by atoms with Crippen LogP contribution in [0.25, 0.3) is 0 Å². The van der Waals surface area contributed by atoms with E-state index in [1.807, 2.05) is 0 Å². The fourth-order valence-electron chi connectivity index (χ4n) is 6.13. The zero-order valence-corrected chi connectivity index (χ0v) is 23.4. The van der Waals surface area contributed by atoms with E-state index >= 15 is 0 Å². The average Bonchev–Trinajstić information content (AvgIpc) is 3.09. The number of fused-ring (bicyclic) bond motifs is 1. The van der Waals surface area contributed by atoms with E-state index in [4.69, 9.17) is 9.41 Å². The van der Waals surface area contributed by atoms with E-state index in [1.165, 1.54) is 16.2 Å². The summed E-state index contributed by atoms with van der Waals surface area (Å²) in [6.07, 6.45) is 2.56. The second-order valence-corrected chi connectivity index (χ2v) is 16.2. The van der Waals surface area contributed by atoms with E-state index < -0.39 is 8.32 Å². The number of aromatic nitrogens is 3. The Balaban J connectivity index is 1.44. The molecule has 2 aromatic carbocycles. The third-order valence-electron chi connectivity index (χ3n) is 7.58. The summed E-state index contributed by atoms with van der Waals surface area (Å²) < 4.78 is 10.4. The highest BCUT2D eigenvalue weighted by Crippen LogP contribution is 2.64. The molecule has 1 unspecified atom stereocenters. The molecule has 4 nitrogen and oxygen atoms in total. The number of nitrogens with zero attached hydrogens (tertiary/aromatic N) is 3. The zero-order valence-electron chi connectivity index (χ0n) is 20.2. The van der Waals surface area contributed by atoms with Gasteiger partial charge in [0.2, 0.25) is 3.83 Å². The first kappa shape index (κ1) is 23.2. The molecule has 2 saturated carbocycles. The van der Waals surface area contributed by atoms with Crippen molar-refractivity contribution in [1.82, 2.24) is 14.8 Å². The first-order valence-corrected chi connectivity index (χ1v) is 15.1. The Bertz CT molecular complexity index is 1060. The van der Waals surface area contributed by atoms with E-state index in [9.17, 15) is 0 Å². The molecule has 0 amide bonds. The van der Waals surface area contributed by atoms with Crippen LogP contribution in [0.2, 0.25) is 5.04 Å². The molecule has 3 aromatic rings. The molecule has 0 aliphatic heterocycles. The SMILES string of the molecule is CC(C)n1nc(I)nc1[C@H]1[C@@H]2CC(O[Si](c3ccccc3)(c3ccccc3)C(C)(C)C)C[C@@H]21. The lowest BCUT2D eigenvalue weighted by Crippen LogP contribution is -2.67. The Labute approximate surface area is 212 Å². The van der Waals surface area contributed by atoms with E-state index in [1.54, 1.807) is 0 Å². The van der Waals surface area contributed by atoms with Crippen LogP contribution in [0, 0.1) is 15.7 Å². The highest BCUT2D eigenvalue weighted by molar-refractivity contribution is 14.1. The lowest BCUT2D eigenvalue weighted by molar-refractivity contribution is 0.177. The van der Waals surface area contributed by atoms with Gasteiger partial charge in [-0.2, -0.15) is 0 Å². The van der Waals surface area contributed by atoms with Crippen LogP contribution in [0.15, 0.2) is 60.7 Å². The van der Waals surface area contributed by atoms with Gasteiger partial charge < -0.3 is 4.43 Å². The number of rotatable bonds is 6. The molecule has 2 fully saturated rings. The van der Waals surface area contributed by atoms with E-state index in [2.05, 4.69) is 128 Å². The Morgan fingerprint density at radius 1 is 0.939 bits per heavy atom. The summed E-state index contributed by atoms with van der Waals surface area (Å²) in [4.78, 5) is 4.82. The molecular formula is C27H34IN3OSi. The summed E-state index contributed by atoms with van der Waals surface area (Å²) in [5, 5.41) is 7.42. The fraction of sp³-hybridized carbons (Fsp3) is 0.481. The normalized spacial score (nSPS) is 24.8. The predicted molar refractivity (Wildman–Crippen MR) is 145 cm³/mol. The molecule has 5 rings (SSSR count). The molecule has 1 heterocycles. The van der Waals surface area contributed by atoms with Gasteiger partial charge in [-0.3, -0.25) is 0 Å². The maximum atomic E-state index is 7.40. The van der Waals surface area contributed by atoms with Crippen LogP contribution in [0.1, 0.15) is 65.2 Å². The van der Waals surface area contributed by atoms with Gasteiger partial charge in [-0.1, -0.05) is 81.4 Å². The molecule has 1 aromatic heterocycles. The van der Waals surface area contributed by atoms with Crippen LogP contribution in [0.4, 0.5) is 0 Å². The molecule has 0 bridgehead atoms. The van der Waals surface area contributed by atoms with Crippen molar-refractivity contribution in [2.45, 2.75) is 70.6 Å². The minimum Gasteiger partial charge on any atom is -0.404 e. The second kappa shape index (κ2) is 8.61. The van der Waals surface area contributed by atoms with Gasteiger partial charge >= 0.3 is 0 Å². The summed E-state index contributed by atoms with van der Waals surface area (Å²) in [5.41, 5.74) is 0. The number of benzene rings is 2. The Morgan fingerprint density at radius 3 is 1.91 bits per heavy atom. The number of hydrogen-bond donors (Lipinski definition) is 0. The van der Waals surface area contributed by atoms with Gasteiger partial charge in [-0.25, -0.2) is 9.67 Å². The maximum Gasteiger partial charge on any atom is 0.261 e. The third-order valence-corrected chi connectivity index (χ3v) is 13.1. The highest BCUT2D eigenvalue weighted by Gasteiger charge is 2.61. The second-order valence-electron chi connectivity index (χ2n) is 11.0. The number of hydrogen-bond acceptors (Lipinski definition) is 3. The van der Waals surface area contributed by atoms with Crippen molar-refractivity contribution in [2.75, 3.05) is 0 Å². The van der Waals surface area contributed by atoms with Crippen LogP contribution < -0.4 is 10.4 Å². The molecule has 0 radical (unpaired) electrons. The van der Waals surface area contributed by atoms with Crippen molar-refractivity contribution in [2.24, 2.45) is 11.8 Å². The van der Waals surface area contributed by atoms with Crippen molar-refractivity contribution in [3.63, 3.8) is 0 Å². The van der Waals surface area contributed by atoms with E-state index in [-0.39, 0.29) is 5.04 Å². The lowest BCUT2D eigenvalue weighted by atomic mass is 10.1. The van der Waals surface area contributed by atoms with Crippen LogP contribution in [0.5, 0.6) is 0 Å². The molecule has 4 atom stereocenters. The summed E-state index contributed by atoms with van der Waals surface area (Å²) in [5.74, 6) is 3.08. The van der Waals surface area contributed by atoms with Gasteiger partial charge in [0.1, 0.15) is 5.82 Å². The molecule has 0 saturated heterocycles. The molecule has 2 aliphatic carbocycles. The van der Waals surface area contributed by atoms with Crippen LogP contribution >= 0.6 is 22.6 Å². The van der Waals surface area contributed by atoms with Crippen LogP contribution in [0.3, 0.4) is 0 Å². The molecule has 2 aliphatic rings. The highest BCUT2D eigenvalue weighted by atomic mass is 127. The van der Waals surface area contributed by atoms with Gasteiger partial charge in [0.25, 0.3) is 8.32 Å². The lowest BCUT2D eigenvalue weighted by Gasteiger charge is -2.45. The first-order chi connectivity index (χ1) is 15.7. The monoisotopic (exact) mass is 571 g/mol. The summed E-state index contributed by atoms with van der Waals surface area (Å²) in [7, 11) is -2.48. The molecule has 0 N–H and O–H groups in total. The van der Waals surface area contributed by atoms with E-state index in [0.717, 1.165) is 16.7 Å². The fourth-order valence-corrected chi connectivity index (χ4v) is 11.3. The van der Waals surface area contributed by atoms with Crippen molar-refractivity contribution in [3.05, 3.63) is 70.3 Å². The Kier molecular flexibility index (Phi) is 6.06. The topological polar surface area (TPSA) is 39.9 Å². The zero-order chi connectivity index (χ0) is 23.4. The van der Waals surface area contributed by atoms with Crippen LogP contribution in [-0.2, 0) is 4.43 Å². The maximum absolute atomic E-state index is 7.40. The smallest absolute Gasteiger partial charge is 0.261 e. The number of halogens is 1. The third kappa shape index (κ3) is 4.02. The summed E-state index contributed by atoms with van der Waals surface area (Å²) >= 11 is 2.25. The molecular weight excluding hydrogens is 537 g/mol. The largest absolute Gasteiger partial charge is 0.404 e. The standard InChI is InChI=1S/C27H34IN3OSi/c1-18(2)31-25(29-26(28)30-31)24-22-16-19(17-23(22)24)32-33(27(3,4)5,20-12-8-6-9-13-20)21-14-10-7-11-15-21/h6-15,18-19,22-24H,16-17H2,1-5H3/t19?,22-,23+,24+. The average molecular weight is 572 g/mol. The molecule has 174 valence electrons. The minimum atomic E-state index is -2.48. The van der Waals surface area contributed by atoms with Gasteiger partial charge in [0.15, 0.2) is 0 Å². The first-order valence-electron chi connectivity index (χ1n) is 12.1. The van der Waals surface area contributed by atoms with Gasteiger partial charge in [0.05, 0.1) is 0 Å². The van der Waals surface area contributed by atoms with Gasteiger partial charge in [0, 0.05) is 40.7 Å². The van der Waals surface area contributed by atoms with E-state index in [0.29, 0.717) is 29.9 Å². The quantitative estimate of drug-likeness (QED) is 0.289. The van der Waals surface area contributed by atoms with Crippen molar-refractivity contribution in [1.29, 1.82) is 0 Å². The van der Waals surface area contributed by atoms with Crippen molar-refractivity contribution in [3.8, 4) is 0 Å². The van der Waals surface area contributed by atoms with Crippen LogP contribution in [-0.4, -0.2) is 29.2 Å². The Hall–Kier alpha value is -1.51. The Morgan fingerprint density at radius 2 is 1.45 bits per heavy atom. The summed E-state index contributed by atoms with van der Waals surface area (Å²) in [6, 6.07) is 22.4. The predicted octanol–water partition coefficient (Wildman–Crippen LogP) is 5.53. The molecule has 6 heteroatoms. The minimum absolute atomic E-state index is 0.0236. The van der Waals surface area contributed by atoms with Crippen molar-refractivity contribution < 1.29 is 4.43 Å². The van der Waals surface area contributed by atoms with Gasteiger partial charge in [-0.15, -0.1) is 5.10 Å².